The highest BCUT2D eigenvalue weighted by Gasteiger charge is 2.34. The van der Waals surface area contributed by atoms with Crippen molar-refractivity contribution >= 4 is 87.2 Å². The summed E-state index contributed by atoms with van der Waals surface area (Å²) in [5, 5.41) is 30.0. The molecule has 0 amide bonds. The molecule has 9 aromatic carbocycles. The third-order valence-corrected chi connectivity index (χ3v) is 13.2. The number of benzene rings is 9. The molecule has 0 unspecified atom stereocenters. The second-order valence-corrected chi connectivity index (χ2v) is 16.7. The molecule has 4 heterocycles. The number of aromatic nitrogens is 4. The molecule has 0 saturated carbocycles. The monoisotopic (exact) mass is 856 g/mol. The molecule has 310 valence electrons. The number of aryl methyl sites for hydroxylation is 4. The number of rotatable bonds is 4. The molecule has 13 rings (SSSR count). The molecule has 0 atom stereocenters. The summed E-state index contributed by atoms with van der Waals surface area (Å²) in [5.74, 6) is 0. The van der Waals surface area contributed by atoms with Gasteiger partial charge in [0.15, 0.2) is 0 Å². The summed E-state index contributed by atoms with van der Waals surface area (Å²) in [6, 6.07) is 54.6. The van der Waals surface area contributed by atoms with Crippen molar-refractivity contribution in [1.82, 2.24) is 18.3 Å². The molecule has 13 aromatic rings. The van der Waals surface area contributed by atoms with Crippen LogP contribution in [-0.4, -0.2) is 18.3 Å². The van der Waals surface area contributed by atoms with Gasteiger partial charge in [-0.15, -0.1) is 0 Å². The first kappa shape index (κ1) is 27.4. The number of hydrogen-bond acceptors (Lipinski definition) is 2. The highest BCUT2D eigenvalue weighted by atomic mass is 15.1. The number of hydrogen-bond donors (Lipinski definition) is 0. The fraction of sp³-hybridized carbons (Fsp3) is 0.0667. The lowest BCUT2D eigenvalue weighted by Crippen LogP contribution is -2.16. The molecule has 0 spiro atoms. The first-order valence-corrected chi connectivity index (χ1v) is 21.4. The average Bonchev–Trinajstić information content (AvgIpc) is 4.18. The van der Waals surface area contributed by atoms with E-state index in [-0.39, 0.29) is 56.1 Å². The van der Waals surface area contributed by atoms with Crippen molar-refractivity contribution in [2.75, 3.05) is 0 Å². The first-order valence-electron chi connectivity index (χ1n) is 27.4. The molecule has 0 bridgehead atoms. The van der Waals surface area contributed by atoms with Gasteiger partial charge in [-0.05, 0) is 100 Å². The predicted molar refractivity (Wildman–Crippen MR) is 272 cm³/mol. The van der Waals surface area contributed by atoms with Crippen LogP contribution in [-0.2, 0) is 0 Å². The summed E-state index contributed by atoms with van der Waals surface area (Å²) in [6.07, 6.45) is 0. The van der Waals surface area contributed by atoms with E-state index < -0.39 is 27.4 Å². The molecule has 0 aliphatic carbocycles. The minimum Gasteiger partial charge on any atom is -0.306 e. The molecule has 0 fully saturated rings. The molecule has 0 N–H and O–H groups in total. The molecule has 66 heavy (non-hydrogen) atoms. The molecule has 4 aromatic heterocycles. The summed E-state index contributed by atoms with van der Waals surface area (Å²) in [4.78, 5) is 0. The van der Waals surface area contributed by atoms with Crippen molar-refractivity contribution in [2.45, 2.75) is 27.4 Å². The second kappa shape index (κ2) is 13.8. The normalized spacial score (nSPS) is 15.4. The van der Waals surface area contributed by atoms with Crippen molar-refractivity contribution in [2.24, 2.45) is 0 Å². The van der Waals surface area contributed by atoms with Crippen molar-refractivity contribution in [3.8, 4) is 34.9 Å². The van der Waals surface area contributed by atoms with Crippen LogP contribution in [0.25, 0.3) is 110 Å². The van der Waals surface area contributed by atoms with Crippen molar-refractivity contribution in [3.63, 3.8) is 0 Å². The lowest BCUT2D eigenvalue weighted by Gasteiger charge is -2.27. The molecular formula is C60H40N6. The Morgan fingerprint density at radius 3 is 0.758 bits per heavy atom. The molecule has 0 aliphatic heterocycles. The number of nitriles is 2. The Bertz CT molecular complexity index is 4240. The van der Waals surface area contributed by atoms with Gasteiger partial charge in [-0.2, -0.15) is 10.5 Å². The predicted octanol–water partition coefficient (Wildman–Crippen LogP) is 15.1. The van der Waals surface area contributed by atoms with Crippen LogP contribution >= 0.6 is 0 Å². The van der Waals surface area contributed by atoms with Crippen LogP contribution in [0.15, 0.2) is 170 Å². The van der Waals surface area contributed by atoms with Crippen molar-refractivity contribution in [3.05, 3.63) is 203 Å². The Hall–Kier alpha value is -8.84. The zero-order chi connectivity index (χ0) is 54.5. The molecule has 6 nitrogen and oxygen atoms in total. The van der Waals surface area contributed by atoms with Crippen LogP contribution in [0.1, 0.15) is 49.8 Å². The molecule has 0 radical (unpaired) electrons. The highest BCUT2D eigenvalue weighted by molar-refractivity contribution is 6.16. The Balaban J connectivity index is 1.35. The van der Waals surface area contributed by atoms with E-state index >= 15 is 0 Å². The lowest BCUT2D eigenvalue weighted by atomic mass is 9.98. The van der Waals surface area contributed by atoms with E-state index in [1.807, 2.05) is 115 Å². The van der Waals surface area contributed by atoms with E-state index in [4.69, 9.17) is 16.4 Å². The lowest BCUT2D eigenvalue weighted by molar-refractivity contribution is 1.02. The van der Waals surface area contributed by atoms with E-state index in [0.717, 1.165) is 0 Å². The maximum absolute atomic E-state index is 12.5. The zero-order valence-corrected chi connectivity index (χ0v) is 34.8. The van der Waals surface area contributed by atoms with Crippen LogP contribution in [0.2, 0.25) is 0 Å². The van der Waals surface area contributed by atoms with Gasteiger partial charge in [-0.1, -0.05) is 119 Å². The van der Waals surface area contributed by atoms with E-state index in [1.165, 1.54) is 24.3 Å². The standard InChI is InChI=1S/C60H40N6/c1-35-21-25-53-43(29-35)39-13-5-9-17-49(39)63(53)57-47(33-61)59(65-51-19-11-7-15-41(51)45-31-37(3)23-27-55(45)65)60(66-52-20-12-8-16-42(52)46-32-38(4)24-28-56(46)66)48(34-62)58(57)64-50-18-10-6-14-40(50)44-30-36(2)22-26-54(44)64/h5-32H,1-4H3/i1D3,2D3,3D3,4D3. The summed E-state index contributed by atoms with van der Waals surface area (Å²) in [5.41, 5.74) is 5.64. The van der Waals surface area contributed by atoms with Crippen LogP contribution in [0, 0.1) is 50.1 Å². The third-order valence-electron chi connectivity index (χ3n) is 13.2. The number of para-hydroxylation sites is 4. The van der Waals surface area contributed by atoms with E-state index in [0.29, 0.717) is 87.2 Å². The largest absolute Gasteiger partial charge is 0.306 e. The Morgan fingerprint density at radius 2 is 0.530 bits per heavy atom. The smallest absolute Gasteiger partial charge is 0.104 e. The third kappa shape index (κ3) is 5.04. The van der Waals surface area contributed by atoms with Gasteiger partial charge in [-0.3, -0.25) is 0 Å². The SMILES string of the molecule is [2H]C([2H])([2H])c1ccc2c(c1)c1ccccc1n2-c1c(C#N)c(-n2c3ccccc3c3cc(C([2H])([2H])[2H])ccc32)c(-n2c3ccccc3c3cc(C([2H])([2H])[2H])ccc32)c(C#N)c1-n1c2ccccc2c2cc(C([2H])([2H])[2H])ccc21. The summed E-state index contributed by atoms with van der Waals surface area (Å²) < 4.78 is 109. The van der Waals surface area contributed by atoms with E-state index in [1.54, 1.807) is 48.5 Å². The zero-order valence-electron chi connectivity index (χ0n) is 46.8. The highest BCUT2D eigenvalue weighted by Crippen LogP contribution is 2.49. The Kier molecular flexibility index (Phi) is 5.73. The quantitative estimate of drug-likeness (QED) is 0.177. The maximum atomic E-state index is 12.5. The Labute approximate surface area is 397 Å². The maximum Gasteiger partial charge on any atom is 0.104 e. The van der Waals surface area contributed by atoms with Crippen LogP contribution < -0.4 is 0 Å². The van der Waals surface area contributed by atoms with Crippen LogP contribution in [0.5, 0.6) is 0 Å². The van der Waals surface area contributed by atoms with Gasteiger partial charge >= 0.3 is 0 Å². The minimum atomic E-state index is -2.48. The van der Waals surface area contributed by atoms with Gasteiger partial charge in [0.05, 0.1) is 66.9 Å². The van der Waals surface area contributed by atoms with Crippen molar-refractivity contribution in [1.29, 1.82) is 10.5 Å². The number of nitrogens with zero attached hydrogens (tertiary/aromatic N) is 6. The van der Waals surface area contributed by atoms with Crippen LogP contribution in [0.3, 0.4) is 0 Å². The average molecular weight is 857 g/mol. The van der Waals surface area contributed by atoms with Gasteiger partial charge in [0.2, 0.25) is 0 Å². The molecule has 6 heteroatoms. The van der Waals surface area contributed by atoms with Crippen LogP contribution in [0.4, 0.5) is 0 Å². The van der Waals surface area contributed by atoms with Gasteiger partial charge in [0.1, 0.15) is 23.3 Å². The van der Waals surface area contributed by atoms with Crippen molar-refractivity contribution < 1.29 is 16.4 Å². The second-order valence-electron chi connectivity index (χ2n) is 16.7. The van der Waals surface area contributed by atoms with Gasteiger partial charge in [0.25, 0.3) is 0 Å². The number of fused-ring (bicyclic) bond motifs is 12. The first-order chi connectivity index (χ1) is 37.2. The van der Waals surface area contributed by atoms with E-state index in [2.05, 4.69) is 12.1 Å². The van der Waals surface area contributed by atoms with E-state index in [9.17, 15) is 10.5 Å². The molecular weight excluding hydrogens is 805 g/mol. The van der Waals surface area contributed by atoms with Gasteiger partial charge < -0.3 is 18.3 Å². The topological polar surface area (TPSA) is 67.3 Å². The minimum absolute atomic E-state index is 0.0409. The summed E-state index contributed by atoms with van der Waals surface area (Å²) >= 11 is 0. The molecule has 0 aliphatic rings. The summed E-state index contributed by atoms with van der Waals surface area (Å²) in [7, 11) is 0. The fourth-order valence-electron chi connectivity index (χ4n) is 10.6. The molecule has 0 saturated heterocycles. The fourth-order valence-corrected chi connectivity index (χ4v) is 10.6. The Morgan fingerprint density at radius 1 is 0.303 bits per heavy atom. The van der Waals surface area contributed by atoms with Gasteiger partial charge in [0, 0.05) is 59.5 Å². The summed E-state index contributed by atoms with van der Waals surface area (Å²) in [6.45, 7) is -9.94. The van der Waals surface area contributed by atoms with Gasteiger partial charge in [-0.25, -0.2) is 0 Å².